The lowest BCUT2D eigenvalue weighted by Gasteiger charge is -2.26. The molecule has 0 saturated carbocycles. The molecule has 0 heterocycles. The first-order chi connectivity index (χ1) is 5.92. The van der Waals surface area contributed by atoms with Crippen molar-refractivity contribution in [3.63, 3.8) is 0 Å². The fourth-order valence-electron chi connectivity index (χ4n) is 0.563. The van der Waals surface area contributed by atoms with Gasteiger partial charge in [-0.2, -0.15) is 0 Å². The molecule has 0 amide bonds. The number of likely N-dealkylation sites (N-methyl/N-ethyl adjacent to an activating group) is 1. The van der Waals surface area contributed by atoms with Gasteiger partial charge in [-0.05, 0) is 0 Å². The summed E-state index contributed by atoms with van der Waals surface area (Å²) in [5.41, 5.74) is 0. The molecule has 0 saturated heterocycles. The van der Waals surface area contributed by atoms with E-state index >= 15 is 0 Å². The molecule has 0 spiro atoms. The zero-order valence-electron chi connectivity index (χ0n) is 9.92. The largest absolute Gasteiger partial charge is 0.550 e. The third-order valence-corrected chi connectivity index (χ3v) is 0.776. The second kappa shape index (κ2) is 3.69. The minimum Gasteiger partial charge on any atom is -0.550 e. The zero-order valence-corrected chi connectivity index (χ0v) is 6.92. The molecule has 0 bridgehead atoms. The highest BCUT2D eigenvalue weighted by Gasteiger charge is 2.14. The van der Waals surface area contributed by atoms with Crippen LogP contribution in [0.3, 0.4) is 0 Å². The van der Waals surface area contributed by atoms with Gasteiger partial charge in [-0.15, -0.1) is 0 Å². The minimum atomic E-state index is -2.70. The first kappa shape index (κ1) is 5.97. The van der Waals surface area contributed by atoms with Gasteiger partial charge in [0.25, 0.3) is 0 Å². The molecule has 0 rings (SSSR count). The molecule has 0 aromatic rings. The number of nitrogens with zero attached hydrogens (tertiary/aromatic N) is 1. The normalized spacial score (nSPS) is 22.7. The lowest BCUT2D eigenvalue weighted by atomic mass is 10.2. The van der Waals surface area contributed by atoms with E-state index in [4.69, 9.17) is 4.11 Å². The molecule has 0 aliphatic carbocycles. The number of carbonyl (C=O) groups excluding carboxylic acids is 1. The van der Waals surface area contributed by atoms with Crippen LogP contribution in [0, 0.1) is 0 Å². The van der Waals surface area contributed by atoms with Gasteiger partial charge < -0.3 is 19.5 Å². The Morgan fingerprint density at radius 3 is 2.55 bits per heavy atom. The highest BCUT2D eigenvalue weighted by Crippen LogP contribution is 1.97. The lowest BCUT2D eigenvalue weighted by molar-refractivity contribution is -0.873. The first-order valence-corrected chi connectivity index (χ1v) is 3.15. The van der Waals surface area contributed by atoms with Crippen molar-refractivity contribution in [1.82, 2.24) is 0 Å². The Kier molecular flexibility index (Phi) is 2.00. The third-order valence-electron chi connectivity index (χ3n) is 0.776. The molecule has 0 aromatic heterocycles. The molecule has 0 unspecified atom stereocenters. The number of aliphatic hydroxyl groups is 1. The van der Waals surface area contributed by atoms with Crippen LogP contribution in [0.5, 0.6) is 0 Å². The molecule has 11 heavy (non-hydrogen) atoms. The van der Waals surface area contributed by atoms with Crippen LogP contribution in [-0.2, 0) is 4.79 Å². The standard InChI is InChI=1S/C7H15NO3/c1-8(2,3)5-6(9)4-7(10)11/h6,9H,4-5H2,1-3H3/t6-/m0/s1/i5D2,6D. The number of carbonyl (C=O) groups is 1. The average molecular weight is 164 g/mol. The Hall–Kier alpha value is -0.610. The van der Waals surface area contributed by atoms with Crippen LogP contribution in [0.4, 0.5) is 0 Å². The van der Waals surface area contributed by atoms with E-state index in [9.17, 15) is 15.0 Å². The van der Waals surface area contributed by atoms with Gasteiger partial charge in [-0.3, -0.25) is 0 Å². The molecule has 1 N–H and O–H groups in total. The van der Waals surface area contributed by atoms with Crippen molar-refractivity contribution in [3.05, 3.63) is 0 Å². The molecule has 0 aliphatic heterocycles. The Morgan fingerprint density at radius 1 is 1.82 bits per heavy atom. The number of carboxylic acids is 1. The minimum absolute atomic E-state index is 0.375. The van der Waals surface area contributed by atoms with Crippen LogP contribution >= 0.6 is 0 Å². The van der Waals surface area contributed by atoms with Crippen molar-refractivity contribution in [2.45, 2.75) is 12.5 Å². The Balaban J connectivity index is 4.97. The van der Waals surface area contributed by atoms with E-state index in [0.29, 0.717) is 0 Å². The van der Waals surface area contributed by atoms with E-state index < -0.39 is 25.0 Å². The van der Waals surface area contributed by atoms with Gasteiger partial charge in [0.15, 0.2) is 0 Å². The summed E-state index contributed by atoms with van der Waals surface area (Å²) < 4.78 is 21.9. The summed E-state index contributed by atoms with van der Waals surface area (Å²) in [7, 11) is 4.28. The number of rotatable bonds is 4. The molecule has 0 aliphatic rings. The average Bonchev–Trinajstić information content (AvgIpc) is 1.80. The van der Waals surface area contributed by atoms with Crippen LogP contribution in [-0.4, -0.2) is 49.3 Å². The predicted molar refractivity (Wildman–Crippen MR) is 38.5 cm³/mol. The number of aliphatic carboxylic acids is 1. The van der Waals surface area contributed by atoms with E-state index in [1.165, 1.54) is 21.1 Å². The highest BCUT2D eigenvalue weighted by molar-refractivity contribution is 5.64. The summed E-state index contributed by atoms with van der Waals surface area (Å²) in [5.74, 6) is -1.65. The summed E-state index contributed by atoms with van der Waals surface area (Å²) in [6.07, 6.45) is -3.76. The lowest BCUT2D eigenvalue weighted by Crippen LogP contribution is -2.43. The van der Waals surface area contributed by atoms with E-state index in [1.807, 2.05) is 0 Å². The first-order valence-electron chi connectivity index (χ1n) is 4.65. The van der Waals surface area contributed by atoms with Crippen LogP contribution in [0.2, 0.25) is 0 Å². The molecule has 0 aromatic carbocycles. The van der Waals surface area contributed by atoms with Crippen LogP contribution in [0.1, 0.15) is 10.5 Å². The number of quaternary nitrogens is 1. The summed E-state index contributed by atoms with van der Waals surface area (Å²) in [4.78, 5) is 10.2. The predicted octanol–water partition coefficient (Wildman–Crippen LogP) is -1.81. The summed E-state index contributed by atoms with van der Waals surface area (Å²) in [6, 6.07) is 0. The maximum absolute atomic E-state index is 10.2. The fourth-order valence-corrected chi connectivity index (χ4v) is 0.563. The Morgan fingerprint density at radius 2 is 2.27 bits per heavy atom. The van der Waals surface area contributed by atoms with Crippen molar-refractivity contribution < 1.29 is 23.6 Å². The molecular weight excluding hydrogens is 146 g/mol. The fraction of sp³-hybridized carbons (Fsp3) is 0.857. The van der Waals surface area contributed by atoms with Crippen LogP contribution < -0.4 is 5.11 Å². The molecule has 0 fully saturated rings. The number of carboxylic acid groups (broad SMARTS) is 1. The topological polar surface area (TPSA) is 60.4 Å². The maximum atomic E-state index is 10.2. The van der Waals surface area contributed by atoms with Gasteiger partial charge in [-0.1, -0.05) is 0 Å². The van der Waals surface area contributed by atoms with Gasteiger partial charge in [0.2, 0.25) is 0 Å². The van der Waals surface area contributed by atoms with E-state index in [-0.39, 0.29) is 4.48 Å². The third kappa shape index (κ3) is 7.29. The van der Waals surface area contributed by atoms with Crippen molar-refractivity contribution >= 4 is 5.97 Å². The monoisotopic (exact) mass is 164 g/mol. The SMILES string of the molecule is [2H]C([2H])([C@@]([2H])(O)CC(=O)[O-])[N+](C)(C)C. The van der Waals surface area contributed by atoms with Crippen molar-refractivity contribution in [1.29, 1.82) is 0 Å². The second-order valence-corrected chi connectivity index (χ2v) is 3.12. The van der Waals surface area contributed by atoms with Gasteiger partial charge >= 0.3 is 0 Å². The number of hydrogen-bond donors (Lipinski definition) is 1. The molecule has 4 nitrogen and oxygen atoms in total. The highest BCUT2D eigenvalue weighted by atomic mass is 16.4. The van der Waals surface area contributed by atoms with Crippen molar-refractivity contribution in [2.24, 2.45) is 0 Å². The summed E-state index contributed by atoms with van der Waals surface area (Å²) in [6.45, 7) is -2.40. The molecular formula is C7H15NO3. The van der Waals surface area contributed by atoms with Gasteiger partial charge in [0.05, 0.1) is 25.3 Å². The second-order valence-electron chi connectivity index (χ2n) is 3.12. The van der Waals surface area contributed by atoms with E-state index in [0.717, 1.165) is 0 Å². The Bertz CT molecular complexity index is 235. The summed E-state index contributed by atoms with van der Waals surface area (Å²) >= 11 is 0. The van der Waals surface area contributed by atoms with Crippen LogP contribution in [0.25, 0.3) is 0 Å². The molecule has 4 heteroatoms. The number of hydrogen-bond acceptors (Lipinski definition) is 3. The van der Waals surface area contributed by atoms with Gasteiger partial charge in [0, 0.05) is 12.4 Å². The van der Waals surface area contributed by atoms with Gasteiger partial charge in [0.1, 0.15) is 12.6 Å². The quantitative estimate of drug-likeness (QED) is 0.498. The zero-order chi connectivity index (χ0) is 11.8. The van der Waals surface area contributed by atoms with Crippen molar-refractivity contribution in [3.8, 4) is 0 Å². The van der Waals surface area contributed by atoms with Gasteiger partial charge in [-0.25, -0.2) is 0 Å². The van der Waals surface area contributed by atoms with E-state index in [1.54, 1.807) is 0 Å². The molecule has 1 atom stereocenters. The molecule has 66 valence electrons. The van der Waals surface area contributed by atoms with Crippen LogP contribution in [0.15, 0.2) is 0 Å². The summed E-state index contributed by atoms with van der Waals surface area (Å²) in [5, 5.41) is 19.6. The van der Waals surface area contributed by atoms with E-state index in [2.05, 4.69) is 0 Å². The van der Waals surface area contributed by atoms with Crippen molar-refractivity contribution in [2.75, 3.05) is 27.6 Å². The smallest absolute Gasteiger partial charge is 0.108 e. The molecule has 0 radical (unpaired) electrons. The maximum Gasteiger partial charge on any atom is 0.108 e. The Labute approximate surface area is 70.9 Å².